The van der Waals surface area contributed by atoms with Crippen LogP contribution in [-0.2, 0) is 24.0 Å². The molecule has 12 nitrogen and oxygen atoms in total. The molecule has 0 radical (unpaired) electrons. The number of aliphatic hydroxyl groups is 1. The van der Waals surface area contributed by atoms with Gasteiger partial charge in [0.15, 0.2) is 0 Å². The molecule has 4 atom stereocenters. The zero-order chi connectivity index (χ0) is 24.1. The first kappa shape index (κ1) is 28.6. The Morgan fingerprint density at radius 1 is 0.935 bits per heavy atom. The summed E-state index contributed by atoms with van der Waals surface area (Å²) in [6, 6.07) is -4.86. The standard InChI is InChI=1S/C18H33N5O7S/c1-9(2)6-12(17(28)23-13(8-24)18(29)30)22-16(27)11(4-5-31-3)21-15(26)10(19)7-14(20)25/h9-13,24H,4-8,19H2,1-3H3,(H2,20,25)(H,21,26)(H,22,27)(H,23,28)(H,29,30). The molecular weight excluding hydrogens is 430 g/mol. The summed E-state index contributed by atoms with van der Waals surface area (Å²) < 4.78 is 0. The van der Waals surface area contributed by atoms with E-state index >= 15 is 0 Å². The molecule has 9 N–H and O–H groups in total. The summed E-state index contributed by atoms with van der Waals surface area (Å²) in [6.45, 7) is 2.81. The van der Waals surface area contributed by atoms with Crippen molar-refractivity contribution >= 4 is 41.4 Å². The maximum atomic E-state index is 12.8. The number of thioether (sulfide) groups is 1. The number of rotatable bonds is 15. The van der Waals surface area contributed by atoms with Gasteiger partial charge in [0.1, 0.15) is 18.1 Å². The number of hydrogen-bond acceptors (Lipinski definition) is 8. The second kappa shape index (κ2) is 14.6. The van der Waals surface area contributed by atoms with E-state index in [-0.39, 0.29) is 18.8 Å². The molecule has 0 saturated carbocycles. The molecule has 4 amide bonds. The fraction of sp³-hybridized carbons (Fsp3) is 0.722. The Hall–Kier alpha value is -2.38. The Balaban J connectivity index is 5.37. The number of nitrogens with two attached hydrogens (primary N) is 2. The normalized spacial score (nSPS) is 14.8. The van der Waals surface area contributed by atoms with Gasteiger partial charge in [-0.15, -0.1) is 0 Å². The van der Waals surface area contributed by atoms with Crippen LogP contribution in [0.5, 0.6) is 0 Å². The van der Waals surface area contributed by atoms with Gasteiger partial charge in [-0.05, 0) is 30.8 Å². The molecule has 4 unspecified atom stereocenters. The van der Waals surface area contributed by atoms with Crippen molar-refractivity contribution in [1.29, 1.82) is 0 Å². The quantitative estimate of drug-likeness (QED) is 0.137. The largest absolute Gasteiger partial charge is 0.480 e. The van der Waals surface area contributed by atoms with E-state index in [0.717, 1.165) is 0 Å². The van der Waals surface area contributed by atoms with Crippen LogP contribution in [0, 0.1) is 5.92 Å². The number of aliphatic hydroxyl groups excluding tert-OH is 1. The highest BCUT2D eigenvalue weighted by Gasteiger charge is 2.30. The monoisotopic (exact) mass is 463 g/mol. The van der Waals surface area contributed by atoms with Crippen molar-refractivity contribution in [3.05, 3.63) is 0 Å². The van der Waals surface area contributed by atoms with Gasteiger partial charge in [-0.1, -0.05) is 13.8 Å². The summed E-state index contributed by atoms with van der Waals surface area (Å²) in [5.74, 6) is -3.88. The molecule has 0 saturated heterocycles. The molecule has 0 bridgehead atoms. The van der Waals surface area contributed by atoms with Crippen molar-refractivity contribution in [1.82, 2.24) is 16.0 Å². The molecule has 13 heteroatoms. The summed E-state index contributed by atoms with van der Waals surface area (Å²) in [7, 11) is 0. The van der Waals surface area contributed by atoms with Crippen LogP contribution in [0.1, 0.15) is 33.1 Å². The zero-order valence-electron chi connectivity index (χ0n) is 17.9. The molecule has 0 rings (SSSR count). The minimum Gasteiger partial charge on any atom is -0.480 e. The summed E-state index contributed by atoms with van der Waals surface area (Å²) in [4.78, 5) is 59.6. The SMILES string of the molecule is CSCCC(NC(=O)C(N)CC(N)=O)C(=O)NC(CC(C)C)C(=O)NC(CO)C(=O)O. The maximum absolute atomic E-state index is 12.8. The van der Waals surface area contributed by atoms with Gasteiger partial charge in [-0.25, -0.2) is 4.79 Å². The third-order valence-corrected chi connectivity index (χ3v) is 4.78. The number of carbonyl (C=O) groups excluding carboxylic acids is 4. The third-order valence-electron chi connectivity index (χ3n) is 4.14. The highest BCUT2D eigenvalue weighted by Crippen LogP contribution is 2.08. The van der Waals surface area contributed by atoms with Gasteiger partial charge in [0.05, 0.1) is 19.1 Å². The number of carboxylic acid groups (broad SMARTS) is 1. The van der Waals surface area contributed by atoms with E-state index in [0.29, 0.717) is 5.75 Å². The predicted molar refractivity (Wildman–Crippen MR) is 115 cm³/mol. The number of hydrogen-bond donors (Lipinski definition) is 7. The fourth-order valence-electron chi connectivity index (χ4n) is 2.53. The van der Waals surface area contributed by atoms with E-state index in [2.05, 4.69) is 16.0 Å². The number of carbonyl (C=O) groups is 5. The van der Waals surface area contributed by atoms with Gasteiger partial charge in [0, 0.05) is 0 Å². The molecule has 178 valence electrons. The van der Waals surface area contributed by atoms with E-state index in [1.807, 2.05) is 20.1 Å². The molecule has 0 aromatic carbocycles. The lowest BCUT2D eigenvalue weighted by Crippen LogP contribution is -2.58. The summed E-state index contributed by atoms with van der Waals surface area (Å²) >= 11 is 1.43. The Morgan fingerprint density at radius 2 is 1.45 bits per heavy atom. The number of primary amides is 1. The average molecular weight is 464 g/mol. The van der Waals surface area contributed by atoms with Crippen LogP contribution in [-0.4, -0.2) is 82.6 Å². The van der Waals surface area contributed by atoms with Crippen LogP contribution in [0.2, 0.25) is 0 Å². The van der Waals surface area contributed by atoms with Crippen molar-refractivity contribution < 1.29 is 34.2 Å². The van der Waals surface area contributed by atoms with Gasteiger partial charge in [0.25, 0.3) is 0 Å². The molecule has 0 heterocycles. The fourth-order valence-corrected chi connectivity index (χ4v) is 3.00. The van der Waals surface area contributed by atoms with Crippen LogP contribution in [0.15, 0.2) is 0 Å². The van der Waals surface area contributed by atoms with E-state index in [1.165, 1.54) is 11.8 Å². The van der Waals surface area contributed by atoms with Crippen LogP contribution in [0.3, 0.4) is 0 Å². The second-order valence-electron chi connectivity index (χ2n) is 7.39. The van der Waals surface area contributed by atoms with E-state index in [4.69, 9.17) is 21.7 Å². The van der Waals surface area contributed by atoms with Crippen molar-refractivity contribution in [3.8, 4) is 0 Å². The maximum Gasteiger partial charge on any atom is 0.328 e. The van der Waals surface area contributed by atoms with Crippen LogP contribution in [0.4, 0.5) is 0 Å². The van der Waals surface area contributed by atoms with E-state index < -0.39 is 66.8 Å². The number of aliphatic carboxylic acids is 1. The predicted octanol–water partition coefficient (Wildman–Crippen LogP) is -2.48. The molecule has 0 spiro atoms. The smallest absolute Gasteiger partial charge is 0.328 e. The van der Waals surface area contributed by atoms with Gasteiger partial charge < -0.3 is 37.6 Å². The highest BCUT2D eigenvalue weighted by molar-refractivity contribution is 7.98. The minimum atomic E-state index is -1.52. The van der Waals surface area contributed by atoms with E-state index in [9.17, 15) is 24.0 Å². The summed E-state index contributed by atoms with van der Waals surface area (Å²) in [5.41, 5.74) is 10.7. The molecule has 0 aliphatic heterocycles. The first-order valence-corrected chi connectivity index (χ1v) is 11.1. The molecular formula is C18H33N5O7S. The number of carboxylic acids is 1. The first-order chi connectivity index (χ1) is 14.4. The average Bonchev–Trinajstić information content (AvgIpc) is 2.66. The zero-order valence-corrected chi connectivity index (χ0v) is 18.7. The Kier molecular flexibility index (Phi) is 13.5. The van der Waals surface area contributed by atoms with Gasteiger partial charge >= 0.3 is 5.97 Å². The van der Waals surface area contributed by atoms with Crippen LogP contribution >= 0.6 is 11.8 Å². The molecule has 0 aliphatic carbocycles. The Bertz CT molecular complexity index is 647. The van der Waals surface area contributed by atoms with Gasteiger partial charge in [0.2, 0.25) is 23.6 Å². The van der Waals surface area contributed by atoms with Gasteiger partial charge in [-0.3, -0.25) is 19.2 Å². The molecule has 0 aliphatic rings. The minimum absolute atomic E-state index is 0.0309. The topological polar surface area (TPSA) is 214 Å². The molecule has 0 fully saturated rings. The molecule has 0 aromatic rings. The third kappa shape index (κ3) is 11.5. The van der Waals surface area contributed by atoms with Crippen LogP contribution in [0.25, 0.3) is 0 Å². The number of nitrogens with one attached hydrogen (secondary N) is 3. The molecule has 0 aromatic heterocycles. The Morgan fingerprint density at radius 3 is 1.90 bits per heavy atom. The summed E-state index contributed by atoms with van der Waals surface area (Å²) in [6.07, 6.45) is 1.84. The van der Waals surface area contributed by atoms with Gasteiger partial charge in [-0.2, -0.15) is 11.8 Å². The van der Waals surface area contributed by atoms with Crippen molar-refractivity contribution in [2.75, 3.05) is 18.6 Å². The lowest BCUT2D eigenvalue weighted by molar-refractivity contribution is -0.143. The second-order valence-corrected chi connectivity index (χ2v) is 8.38. The first-order valence-electron chi connectivity index (χ1n) is 9.70. The van der Waals surface area contributed by atoms with Crippen LogP contribution < -0.4 is 27.4 Å². The highest BCUT2D eigenvalue weighted by atomic mass is 32.2. The lowest BCUT2D eigenvalue weighted by Gasteiger charge is -2.25. The molecule has 31 heavy (non-hydrogen) atoms. The van der Waals surface area contributed by atoms with Crippen molar-refractivity contribution in [3.63, 3.8) is 0 Å². The number of amides is 4. The van der Waals surface area contributed by atoms with E-state index in [1.54, 1.807) is 0 Å². The summed E-state index contributed by atoms with van der Waals surface area (Å²) in [5, 5.41) is 25.3. The van der Waals surface area contributed by atoms with Crippen molar-refractivity contribution in [2.45, 2.75) is 57.3 Å². The van der Waals surface area contributed by atoms with Crippen molar-refractivity contribution in [2.24, 2.45) is 17.4 Å². The Labute approximate surface area is 185 Å². The lowest BCUT2D eigenvalue weighted by atomic mass is 10.0.